The molecule has 1 aromatic carbocycles. The molecule has 0 bridgehead atoms. The predicted octanol–water partition coefficient (Wildman–Crippen LogP) is 3.96. The second-order valence-electron chi connectivity index (χ2n) is 7.05. The molecule has 7 nitrogen and oxygen atoms in total. The van der Waals surface area contributed by atoms with Crippen LogP contribution in [0.3, 0.4) is 0 Å². The Morgan fingerprint density at radius 2 is 2.20 bits per heavy atom. The Morgan fingerprint density at radius 1 is 1.40 bits per heavy atom. The molecule has 2 N–H and O–H groups in total. The number of hydrogen-bond donors (Lipinski definition) is 2. The highest BCUT2D eigenvalue weighted by Crippen LogP contribution is 2.32. The molecule has 2 aliphatic rings. The van der Waals surface area contributed by atoms with Crippen LogP contribution in [0.1, 0.15) is 24.1 Å². The molecule has 4 rings (SSSR count). The molecule has 0 fully saturated rings. The number of ether oxygens (including phenoxy) is 1. The van der Waals surface area contributed by atoms with Gasteiger partial charge in [0, 0.05) is 27.5 Å². The number of aromatic nitrogens is 1. The van der Waals surface area contributed by atoms with Crippen molar-refractivity contribution in [2.75, 3.05) is 25.1 Å². The topological polar surface area (TPSA) is 74.9 Å². The molecule has 0 saturated heterocycles. The summed E-state index contributed by atoms with van der Waals surface area (Å²) >= 11 is 6.18. The molecule has 1 aromatic heterocycles. The van der Waals surface area contributed by atoms with Gasteiger partial charge in [-0.05, 0) is 32.0 Å². The summed E-state index contributed by atoms with van der Waals surface area (Å²) in [6.45, 7) is 2.49. The number of benzene rings is 1. The number of rotatable bonds is 4. The van der Waals surface area contributed by atoms with Crippen molar-refractivity contribution in [2.24, 2.45) is 5.10 Å². The number of fused-ring (bicyclic) bond motifs is 3. The third-order valence-electron chi connectivity index (χ3n) is 4.74. The molecular formula is C19H19ClF3N5O2. The number of oxazole rings is 1. The zero-order valence-corrected chi connectivity index (χ0v) is 16.9. The van der Waals surface area contributed by atoms with Crippen LogP contribution in [-0.2, 0) is 4.74 Å². The van der Waals surface area contributed by atoms with Gasteiger partial charge in [0.25, 0.3) is 0 Å². The fraction of sp³-hybridized carbons (Fsp3) is 0.368. The number of allylic oxidation sites excluding steroid dienone is 1. The van der Waals surface area contributed by atoms with Crippen LogP contribution in [0.2, 0.25) is 5.02 Å². The lowest BCUT2D eigenvalue weighted by atomic mass is 10.1. The van der Waals surface area contributed by atoms with Crippen molar-refractivity contribution in [2.45, 2.75) is 26.2 Å². The van der Waals surface area contributed by atoms with Gasteiger partial charge in [0.2, 0.25) is 5.89 Å². The minimum atomic E-state index is -4.40. The first-order chi connectivity index (χ1) is 14.2. The summed E-state index contributed by atoms with van der Waals surface area (Å²) in [7, 11) is 0. The lowest BCUT2D eigenvalue weighted by molar-refractivity contribution is -0.176. The maximum Gasteiger partial charge on any atom is 0.411 e. The number of alkyl halides is 3. The summed E-state index contributed by atoms with van der Waals surface area (Å²) in [6.07, 6.45) is -3.42. The summed E-state index contributed by atoms with van der Waals surface area (Å²) in [4.78, 5) is 6.20. The predicted molar refractivity (Wildman–Crippen MR) is 106 cm³/mol. The van der Waals surface area contributed by atoms with E-state index in [-0.39, 0.29) is 6.61 Å². The highest BCUT2D eigenvalue weighted by atomic mass is 35.5. The monoisotopic (exact) mass is 441 g/mol. The molecule has 11 heteroatoms. The van der Waals surface area contributed by atoms with Gasteiger partial charge in [0.1, 0.15) is 19.0 Å². The third-order valence-corrected chi connectivity index (χ3v) is 4.97. The van der Waals surface area contributed by atoms with Crippen molar-refractivity contribution < 1.29 is 22.3 Å². The van der Waals surface area contributed by atoms with Gasteiger partial charge in [-0.25, -0.2) is 4.98 Å². The zero-order chi connectivity index (χ0) is 21.5. The Bertz CT molecular complexity index is 1020. The molecule has 0 amide bonds. The highest BCUT2D eigenvalue weighted by molar-refractivity contribution is 6.31. The fourth-order valence-electron chi connectivity index (χ4n) is 3.28. The Balaban J connectivity index is 1.68. The van der Waals surface area contributed by atoms with E-state index in [4.69, 9.17) is 20.8 Å². The quantitative estimate of drug-likeness (QED) is 0.748. The molecule has 30 heavy (non-hydrogen) atoms. The molecule has 2 aliphatic heterocycles. The standard InChI is InChI=1S/C19H19ClF3N5O2/c1-10-7-30-18(24-10)11(2)15-6-28-16(8-29-9-19(21,22)23)26-27-17(28)13-5-12(20)3-4-14(13)25-15/h3-5,7,16,25-26H,6,8-9H2,1-2H3/b15-11+. The van der Waals surface area contributed by atoms with Crippen molar-refractivity contribution in [3.05, 3.63) is 52.3 Å². The minimum absolute atomic E-state index is 0.202. The average Bonchev–Trinajstić information content (AvgIpc) is 3.23. The number of amidine groups is 1. The number of aryl methyl sites for hydroxylation is 1. The van der Waals surface area contributed by atoms with Gasteiger partial charge in [0.15, 0.2) is 5.84 Å². The first-order valence-electron chi connectivity index (χ1n) is 9.15. The number of nitrogens with zero attached hydrogens (tertiary/aromatic N) is 3. The van der Waals surface area contributed by atoms with E-state index in [0.717, 1.165) is 28.2 Å². The van der Waals surface area contributed by atoms with Crippen LogP contribution in [0, 0.1) is 6.92 Å². The molecule has 0 radical (unpaired) electrons. The van der Waals surface area contributed by atoms with E-state index in [9.17, 15) is 13.2 Å². The summed E-state index contributed by atoms with van der Waals surface area (Å²) in [5.74, 6) is 1.02. The smallest absolute Gasteiger partial charge is 0.411 e. The second-order valence-corrected chi connectivity index (χ2v) is 7.49. The van der Waals surface area contributed by atoms with E-state index < -0.39 is 18.9 Å². The SMILES string of the molecule is C/C(=C1/CN2C(=NNC2COCC(F)(F)F)c2cc(Cl)ccc2N1)c1nc(C)co1. The molecule has 0 spiro atoms. The van der Waals surface area contributed by atoms with E-state index in [1.807, 2.05) is 24.8 Å². The van der Waals surface area contributed by atoms with Gasteiger partial charge in [-0.1, -0.05) is 11.6 Å². The van der Waals surface area contributed by atoms with Crippen LogP contribution in [0.5, 0.6) is 0 Å². The van der Waals surface area contributed by atoms with Gasteiger partial charge in [0.05, 0.1) is 18.8 Å². The summed E-state index contributed by atoms with van der Waals surface area (Å²) in [5, 5.41) is 8.23. The molecule has 1 atom stereocenters. The van der Waals surface area contributed by atoms with Crippen molar-refractivity contribution in [1.29, 1.82) is 0 Å². The molecule has 3 heterocycles. The Morgan fingerprint density at radius 3 is 2.90 bits per heavy atom. The van der Waals surface area contributed by atoms with Gasteiger partial charge >= 0.3 is 6.18 Å². The van der Waals surface area contributed by atoms with E-state index in [1.165, 1.54) is 0 Å². The minimum Gasteiger partial charge on any atom is -0.444 e. The van der Waals surface area contributed by atoms with Crippen LogP contribution in [0.25, 0.3) is 5.57 Å². The second kappa shape index (κ2) is 7.84. The van der Waals surface area contributed by atoms with Crippen LogP contribution in [-0.4, -0.2) is 47.8 Å². The largest absolute Gasteiger partial charge is 0.444 e. The third kappa shape index (κ3) is 4.24. The van der Waals surface area contributed by atoms with Crippen LogP contribution in [0.15, 0.2) is 39.7 Å². The maximum atomic E-state index is 12.5. The van der Waals surface area contributed by atoms with Crippen LogP contribution in [0.4, 0.5) is 18.9 Å². The first kappa shape index (κ1) is 20.5. The first-order valence-corrected chi connectivity index (χ1v) is 9.52. The summed E-state index contributed by atoms with van der Waals surface area (Å²) in [5.41, 5.74) is 6.64. The molecular weight excluding hydrogens is 423 g/mol. The number of anilines is 1. The lowest BCUT2D eigenvalue weighted by Gasteiger charge is -2.26. The van der Waals surface area contributed by atoms with E-state index in [1.54, 1.807) is 18.4 Å². The average molecular weight is 442 g/mol. The molecule has 2 aromatic rings. The molecule has 1 unspecified atom stereocenters. The van der Waals surface area contributed by atoms with Gasteiger partial charge in [-0.2, -0.15) is 18.3 Å². The highest BCUT2D eigenvalue weighted by Gasteiger charge is 2.35. The Hall–Kier alpha value is -2.72. The van der Waals surface area contributed by atoms with E-state index in [0.29, 0.717) is 23.3 Å². The zero-order valence-electron chi connectivity index (χ0n) is 16.2. The lowest BCUT2D eigenvalue weighted by Crippen LogP contribution is -2.45. The van der Waals surface area contributed by atoms with Gasteiger partial charge < -0.3 is 19.4 Å². The van der Waals surface area contributed by atoms with Crippen LogP contribution >= 0.6 is 11.6 Å². The van der Waals surface area contributed by atoms with Crippen LogP contribution < -0.4 is 10.7 Å². The van der Waals surface area contributed by atoms with Gasteiger partial charge in [-0.15, -0.1) is 0 Å². The summed E-state index contributed by atoms with van der Waals surface area (Å²) < 4.78 is 47.9. The molecule has 0 aliphatic carbocycles. The Kier molecular flexibility index (Phi) is 5.37. The number of hydrazone groups is 1. The fourth-order valence-corrected chi connectivity index (χ4v) is 3.45. The van der Waals surface area contributed by atoms with E-state index in [2.05, 4.69) is 20.8 Å². The van der Waals surface area contributed by atoms with Crippen molar-refractivity contribution >= 4 is 28.7 Å². The summed E-state index contributed by atoms with van der Waals surface area (Å²) in [6, 6.07) is 5.33. The Labute approximate surface area is 175 Å². The van der Waals surface area contributed by atoms with Gasteiger partial charge in [-0.3, -0.25) is 5.43 Å². The number of nitrogens with one attached hydrogen (secondary N) is 2. The van der Waals surface area contributed by atoms with Crippen molar-refractivity contribution in [1.82, 2.24) is 15.3 Å². The van der Waals surface area contributed by atoms with Crippen molar-refractivity contribution in [3.63, 3.8) is 0 Å². The van der Waals surface area contributed by atoms with E-state index >= 15 is 0 Å². The molecule has 160 valence electrons. The number of hydrogen-bond acceptors (Lipinski definition) is 7. The normalized spacial score (nSPS) is 20.0. The maximum absolute atomic E-state index is 12.5. The van der Waals surface area contributed by atoms with Crippen molar-refractivity contribution in [3.8, 4) is 0 Å². The number of halogens is 4. The molecule has 0 saturated carbocycles.